The lowest BCUT2D eigenvalue weighted by atomic mass is 10.2. The fraction of sp³-hybridized carbons (Fsp3) is 0.385. The summed E-state index contributed by atoms with van der Waals surface area (Å²) in [6.07, 6.45) is 0. The summed E-state index contributed by atoms with van der Waals surface area (Å²) in [6.45, 7) is 1.48. The van der Waals surface area contributed by atoms with Crippen LogP contribution in [0.15, 0.2) is 24.3 Å². The Morgan fingerprint density at radius 2 is 2.16 bits per heavy atom. The summed E-state index contributed by atoms with van der Waals surface area (Å²) in [5, 5.41) is 11.9. The minimum absolute atomic E-state index is 0.119. The molecule has 1 aromatic carbocycles. The summed E-state index contributed by atoms with van der Waals surface area (Å²) in [4.78, 5) is 24.9. The monoisotopic (exact) mass is 284 g/mol. The Morgan fingerprint density at radius 1 is 1.47 bits per heavy atom. The molecule has 0 aliphatic carbocycles. The van der Waals surface area contributed by atoms with Gasteiger partial charge in [-0.3, -0.25) is 9.59 Å². The number of nitrogens with one attached hydrogen (secondary N) is 1. The molecule has 0 saturated heterocycles. The van der Waals surface area contributed by atoms with E-state index in [2.05, 4.69) is 5.32 Å². The molecule has 1 unspecified atom stereocenters. The van der Waals surface area contributed by atoms with Crippen molar-refractivity contribution in [2.45, 2.75) is 13.0 Å². The van der Waals surface area contributed by atoms with Crippen molar-refractivity contribution in [2.24, 2.45) is 0 Å². The molecule has 1 aromatic rings. The predicted molar refractivity (Wildman–Crippen MR) is 73.1 cm³/mol. The minimum Gasteiger partial charge on any atom is -0.394 e. The Kier molecular flexibility index (Phi) is 5.79. The van der Waals surface area contributed by atoms with Crippen molar-refractivity contribution in [2.75, 3.05) is 20.2 Å². The van der Waals surface area contributed by atoms with Crippen molar-refractivity contribution < 1.29 is 14.7 Å². The van der Waals surface area contributed by atoms with Gasteiger partial charge in [-0.1, -0.05) is 17.7 Å². The van der Waals surface area contributed by atoms with Crippen LogP contribution in [0.25, 0.3) is 0 Å². The van der Waals surface area contributed by atoms with E-state index in [4.69, 9.17) is 16.7 Å². The zero-order valence-electron chi connectivity index (χ0n) is 10.9. The first-order valence-corrected chi connectivity index (χ1v) is 6.23. The maximum absolute atomic E-state index is 11.8. The molecule has 2 amide bonds. The maximum Gasteiger partial charge on any atom is 0.251 e. The predicted octanol–water partition coefficient (Wildman–Crippen LogP) is 0.909. The second-order valence-electron chi connectivity index (χ2n) is 4.23. The van der Waals surface area contributed by atoms with Crippen LogP contribution in [0.4, 0.5) is 0 Å². The number of aliphatic hydroxyl groups is 1. The van der Waals surface area contributed by atoms with Crippen LogP contribution in [-0.2, 0) is 4.79 Å². The van der Waals surface area contributed by atoms with E-state index in [-0.39, 0.29) is 31.0 Å². The molecule has 0 aliphatic rings. The van der Waals surface area contributed by atoms with Crippen molar-refractivity contribution in [1.29, 1.82) is 0 Å². The highest BCUT2D eigenvalue weighted by molar-refractivity contribution is 6.30. The lowest BCUT2D eigenvalue weighted by molar-refractivity contribution is -0.131. The number of rotatable bonds is 5. The first-order chi connectivity index (χ1) is 8.95. The summed E-state index contributed by atoms with van der Waals surface area (Å²) >= 11 is 5.78. The lowest BCUT2D eigenvalue weighted by Crippen LogP contribution is -2.43. The molecule has 0 saturated carbocycles. The smallest absolute Gasteiger partial charge is 0.251 e. The van der Waals surface area contributed by atoms with E-state index in [0.29, 0.717) is 10.6 Å². The number of aliphatic hydroxyl groups excluding tert-OH is 1. The lowest BCUT2D eigenvalue weighted by Gasteiger charge is -2.23. The van der Waals surface area contributed by atoms with Gasteiger partial charge in [0.1, 0.15) is 0 Å². The third-order valence-electron chi connectivity index (χ3n) is 2.81. The van der Waals surface area contributed by atoms with E-state index in [1.165, 1.54) is 11.0 Å². The van der Waals surface area contributed by atoms with E-state index in [9.17, 15) is 9.59 Å². The molecular formula is C13H17ClN2O3. The van der Waals surface area contributed by atoms with Gasteiger partial charge in [0.2, 0.25) is 5.91 Å². The van der Waals surface area contributed by atoms with Crippen molar-refractivity contribution in [3.05, 3.63) is 34.9 Å². The van der Waals surface area contributed by atoms with E-state index >= 15 is 0 Å². The van der Waals surface area contributed by atoms with Gasteiger partial charge in [0.05, 0.1) is 19.2 Å². The number of amides is 2. The maximum atomic E-state index is 11.8. The van der Waals surface area contributed by atoms with E-state index in [0.717, 1.165) is 0 Å². The van der Waals surface area contributed by atoms with Gasteiger partial charge in [-0.15, -0.1) is 0 Å². The fourth-order valence-corrected chi connectivity index (χ4v) is 1.57. The van der Waals surface area contributed by atoms with Gasteiger partial charge in [0.25, 0.3) is 5.91 Å². The van der Waals surface area contributed by atoms with Crippen LogP contribution in [0.5, 0.6) is 0 Å². The molecule has 0 radical (unpaired) electrons. The highest BCUT2D eigenvalue weighted by Gasteiger charge is 2.15. The summed E-state index contributed by atoms with van der Waals surface area (Å²) in [5.74, 6) is -0.627. The first-order valence-electron chi connectivity index (χ1n) is 5.86. The van der Waals surface area contributed by atoms with Crippen molar-refractivity contribution >= 4 is 23.4 Å². The Morgan fingerprint density at radius 3 is 2.74 bits per heavy atom. The minimum atomic E-state index is -0.360. The van der Waals surface area contributed by atoms with Crippen LogP contribution < -0.4 is 5.32 Å². The van der Waals surface area contributed by atoms with Crippen LogP contribution in [-0.4, -0.2) is 48.1 Å². The number of benzene rings is 1. The summed E-state index contributed by atoms with van der Waals surface area (Å²) < 4.78 is 0. The number of carbonyl (C=O) groups excluding carboxylic acids is 2. The third-order valence-corrected chi connectivity index (χ3v) is 3.04. The topological polar surface area (TPSA) is 69.6 Å². The number of halogens is 1. The van der Waals surface area contributed by atoms with Crippen LogP contribution in [0.3, 0.4) is 0 Å². The van der Waals surface area contributed by atoms with Crippen LogP contribution in [0.1, 0.15) is 17.3 Å². The van der Waals surface area contributed by atoms with Gasteiger partial charge in [0.15, 0.2) is 0 Å². The van der Waals surface area contributed by atoms with Crippen molar-refractivity contribution in [3.8, 4) is 0 Å². The van der Waals surface area contributed by atoms with Crippen LogP contribution in [0.2, 0.25) is 5.02 Å². The Hall–Kier alpha value is -1.59. The molecule has 2 N–H and O–H groups in total. The van der Waals surface area contributed by atoms with Crippen molar-refractivity contribution in [1.82, 2.24) is 10.2 Å². The highest BCUT2D eigenvalue weighted by atomic mass is 35.5. The van der Waals surface area contributed by atoms with Crippen molar-refractivity contribution in [3.63, 3.8) is 0 Å². The quantitative estimate of drug-likeness (QED) is 0.844. The highest BCUT2D eigenvalue weighted by Crippen LogP contribution is 2.10. The number of likely N-dealkylation sites (N-methyl/N-ethyl adjacent to an activating group) is 1. The molecule has 0 aliphatic heterocycles. The largest absolute Gasteiger partial charge is 0.394 e. The Bertz CT molecular complexity index is 465. The molecular weight excluding hydrogens is 268 g/mol. The normalized spacial score (nSPS) is 11.8. The average Bonchev–Trinajstić information content (AvgIpc) is 2.42. The summed E-state index contributed by atoms with van der Waals surface area (Å²) in [7, 11) is 1.58. The zero-order valence-corrected chi connectivity index (χ0v) is 11.6. The summed E-state index contributed by atoms with van der Waals surface area (Å²) in [5.41, 5.74) is 0.401. The van der Waals surface area contributed by atoms with Crippen LogP contribution in [0, 0.1) is 0 Å². The Balaban J connectivity index is 2.53. The molecule has 0 aromatic heterocycles. The molecule has 0 heterocycles. The van der Waals surface area contributed by atoms with Crippen LogP contribution >= 0.6 is 11.6 Å². The molecule has 0 bridgehead atoms. The number of carbonyl (C=O) groups is 2. The molecule has 19 heavy (non-hydrogen) atoms. The molecule has 0 fully saturated rings. The molecule has 1 rings (SSSR count). The Labute approximate surface area is 117 Å². The van der Waals surface area contributed by atoms with E-state index < -0.39 is 0 Å². The second-order valence-corrected chi connectivity index (χ2v) is 4.67. The number of nitrogens with zero attached hydrogens (tertiary/aromatic N) is 1. The average molecular weight is 285 g/mol. The summed E-state index contributed by atoms with van der Waals surface area (Å²) in [6, 6.07) is 6.20. The zero-order chi connectivity index (χ0) is 14.4. The van der Waals surface area contributed by atoms with Gasteiger partial charge in [0, 0.05) is 17.6 Å². The molecule has 1 atom stereocenters. The molecule has 6 heteroatoms. The van der Waals surface area contributed by atoms with E-state index in [1.54, 1.807) is 32.2 Å². The molecule has 104 valence electrons. The van der Waals surface area contributed by atoms with E-state index in [1.807, 2.05) is 0 Å². The van der Waals surface area contributed by atoms with Gasteiger partial charge < -0.3 is 15.3 Å². The van der Waals surface area contributed by atoms with Gasteiger partial charge in [-0.05, 0) is 25.1 Å². The van der Waals surface area contributed by atoms with Gasteiger partial charge in [-0.2, -0.15) is 0 Å². The fourth-order valence-electron chi connectivity index (χ4n) is 1.38. The number of hydrogen-bond donors (Lipinski definition) is 2. The first kappa shape index (κ1) is 15.5. The molecule has 5 nitrogen and oxygen atoms in total. The standard InChI is InChI=1S/C13H17ClN2O3/c1-9(8-17)16(2)12(18)7-15-13(19)10-4-3-5-11(14)6-10/h3-6,9,17H,7-8H2,1-2H3,(H,15,19). The molecule has 0 spiro atoms. The second kappa shape index (κ2) is 7.11. The number of hydrogen-bond acceptors (Lipinski definition) is 3. The SMILES string of the molecule is CC(CO)N(C)C(=O)CNC(=O)c1cccc(Cl)c1. The third kappa shape index (κ3) is 4.54. The van der Waals surface area contributed by atoms with Gasteiger partial charge >= 0.3 is 0 Å². The van der Waals surface area contributed by atoms with Gasteiger partial charge in [-0.25, -0.2) is 0 Å².